The fourth-order valence-corrected chi connectivity index (χ4v) is 4.74. The molecule has 2 saturated carbocycles. The van der Waals surface area contributed by atoms with Gasteiger partial charge in [0.25, 0.3) is 0 Å². The van der Waals surface area contributed by atoms with Gasteiger partial charge >= 0.3 is 0 Å². The number of hydrogen-bond acceptors (Lipinski definition) is 0. The molecule has 0 aromatic heterocycles. The molecule has 2 bridgehead atoms. The summed E-state index contributed by atoms with van der Waals surface area (Å²) in [6.07, 6.45) is 5.44. The van der Waals surface area contributed by atoms with Crippen LogP contribution in [0.4, 0.5) is 0 Å². The standard InChI is InChI=1S/C18H26/c1-5-13-7-6-8-14(11-13)16-12-15-9-10-18(16,4)17(15,2)3/h6-8,11,15-16H,5,9-10,12H2,1-4H3. The van der Waals surface area contributed by atoms with Crippen molar-refractivity contribution in [2.24, 2.45) is 16.7 Å². The van der Waals surface area contributed by atoms with Gasteiger partial charge in [-0.1, -0.05) is 52.0 Å². The summed E-state index contributed by atoms with van der Waals surface area (Å²) in [5.74, 6) is 1.73. The third-order valence-corrected chi connectivity index (χ3v) is 6.56. The highest BCUT2D eigenvalue weighted by atomic mass is 14.7. The van der Waals surface area contributed by atoms with Gasteiger partial charge in [0.15, 0.2) is 0 Å². The van der Waals surface area contributed by atoms with Crippen LogP contribution in [0.2, 0.25) is 0 Å². The van der Waals surface area contributed by atoms with E-state index in [1.165, 1.54) is 24.8 Å². The minimum Gasteiger partial charge on any atom is -0.0617 e. The average Bonchev–Trinajstić information content (AvgIpc) is 2.71. The molecule has 0 heteroatoms. The van der Waals surface area contributed by atoms with Crippen molar-refractivity contribution in [2.45, 2.75) is 59.3 Å². The molecule has 2 aliphatic rings. The lowest BCUT2D eigenvalue weighted by molar-refractivity contribution is 0.134. The van der Waals surface area contributed by atoms with E-state index < -0.39 is 0 Å². The Balaban J connectivity index is 1.99. The highest BCUT2D eigenvalue weighted by Gasteiger charge is 2.61. The molecule has 0 nitrogen and oxygen atoms in total. The van der Waals surface area contributed by atoms with Crippen molar-refractivity contribution in [2.75, 3.05) is 0 Å². The highest BCUT2D eigenvalue weighted by Crippen LogP contribution is 2.70. The fourth-order valence-electron chi connectivity index (χ4n) is 4.74. The van der Waals surface area contributed by atoms with E-state index in [9.17, 15) is 0 Å². The van der Waals surface area contributed by atoms with Crippen molar-refractivity contribution in [3.05, 3.63) is 35.4 Å². The van der Waals surface area contributed by atoms with Crippen LogP contribution in [0.5, 0.6) is 0 Å². The molecular weight excluding hydrogens is 216 g/mol. The maximum absolute atomic E-state index is 2.54. The molecule has 0 N–H and O–H groups in total. The molecule has 1 aromatic carbocycles. The minimum absolute atomic E-state index is 0.518. The van der Waals surface area contributed by atoms with E-state index in [2.05, 4.69) is 52.0 Å². The van der Waals surface area contributed by atoms with E-state index in [4.69, 9.17) is 0 Å². The third kappa shape index (κ3) is 1.44. The van der Waals surface area contributed by atoms with Gasteiger partial charge in [-0.05, 0) is 59.5 Å². The number of fused-ring (bicyclic) bond motifs is 2. The molecule has 18 heavy (non-hydrogen) atoms. The lowest BCUT2D eigenvalue weighted by Gasteiger charge is -2.39. The number of rotatable bonds is 2. The summed E-state index contributed by atoms with van der Waals surface area (Å²) >= 11 is 0. The van der Waals surface area contributed by atoms with Crippen LogP contribution >= 0.6 is 0 Å². The van der Waals surface area contributed by atoms with Crippen molar-refractivity contribution in [3.8, 4) is 0 Å². The van der Waals surface area contributed by atoms with Gasteiger partial charge in [0.1, 0.15) is 0 Å². The first-order valence-corrected chi connectivity index (χ1v) is 7.58. The molecule has 1 aromatic rings. The maximum Gasteiger partial charge on any atom is -0.00998 e. The van der Waals surface area contributed by atoms with Crippen molar-refractivity contribution in [1.29, 1.82) is 0 Å². The summed E-state index contributed by atoms with van der Waals surface area (Å²) < 4.78 is 0. The van der Waals surface area contributed by atoms with E-state index in [0.29, 0.717) is 10.8 Å². The first kappa shape index (κ1) is 12.3. The second-order valence-corrected chi connectivity index (χ2v) is 7.26. The molecule has 3 atom stereocenters. The van der Waals surface area contributed by atoms with E-state index >= 15 is 0 Å². The zero-order chi connectivity index (χ0) is 13.0. The maximum atomic E-state index is 2.54. The largest absolute Gasteiger partial charge is 0.0617 e. The topological polar surface area (TPSA) is 0 Å². The lowest BCUT2D eigenvalue weighted by Crippen LogP contribution is -2.31. The molecular formula is C18H26. The Morgan fingerprint density at radius 3 is 2.56 bits per heavy atom. The zero-order valence-electron chi connectivity index (χ0n) is 12.3. The number of hydrogen-bond donors (Lipinski definition) is 0. The van der Waals surface area contributed by atoms with Gasteiger partial charge in [-0.3, -0.25) is 0 Å². The normalized spacial score (nSPS) is 37.1. The van der Waals surface area contributed by atoms with Crippen LogP contribution in [-0.2, 0) is 6.42 Å². The van der Waals surface area contributed by atoms with Crippen LogP contribution in [0, 0.1) is 16.7 Å². The molecule has 3 rings (SSSR count). The fraction of sp³-hybridized carbons (Fsp3) is 0.667. The Hall–Kier alpha value is -0.780. The molecule has 0 saturated heterocycles. The van der Waals surface area contributed by atoms with Crippen molar-refractivity contribution < 1.29 is 0 Å². The Morgan fingerprint density at radius 1 is 1.22 bits per heavy atom. The van der Waals surface area contributed by atoms with Gasteiger partial charge in [-0.25, -0.2) is 0 Å². The summed E-state index contributed by atoms with van der Waals surface area (Å²) in [5, 5.41) is 0. The van der Waals surface area contributed by atoms with Crippen molar-refractivity contribution in [3.63, 3.8) is 0 Å². The second kappa shape index (κ2) is 3.85. The van der Waals surface area contributed by atoms with E-state index in [0.717, 1.165) is 18.3 Å². The van der Waals surface area contributed by atoms with Gasteiger partial charge in [0.2, 0.25) is 0 Å². The van der Waals surface area contributed by atoms with Crippen LogP contribution < -0.4 is 0 Å². The minimum atomic E-state index is 0.518. The molecule has 3 unspecified atom stereocenters. The van der Waals surface area contributed by atoms with Gasteiger partial charge in [0.05, 0.1) is 0 Å². The molecule has 0 aliphatic heterocycles. The summed E-state index contributed by atoms with van der Waals surface area (Å²) in [7, 11) is 0. The predicted molar refractivity (Wildman–Crippen MR) is 77.8 cm³/mol. The Morgan fingerprint density at radius 2 is 2.00 bits per heavy atom. The molecule has 0 amide bonds. The van der Waals surface area contributed by atoms with E-state index in [-0.39, 0.29) is 0 Å². The van der Waals surface area contributed by atoms with Crippen LogP contribution in [0.1, 0.15) is 64.0 Å². The summed E-state index contributed by atoms with van der Waals surface area (Å²) in [6.45, 7) is 9.82. The summed E-state index contributed by atoms with van der Waals surface area (Å²) in [6, 6.07) is 9.36. The molecule has 0 spiro atoms. The van der Waals surface area contributed by atoms with Crippen LogP contribution in [-0.4, -0.2) is 0 Å². The first-order chi connectivity index (χ1) is 8.49. The number of aryl methyl sites for hydroxylation is 1. The monoisotopic (exact) mass is 242 g/mol. The highest BCUT2D eigenvalue weighted by molar-refractivity contribution is 5.32. The summed E-state index contributed by atoms with van der Waals surface area (Å²) in [5.41, 5.74) is 4.15. The van der Waals surface area contributed by atoms with Gasteiger partial charge in [-0.15, -0.1) is 0 Å². The van der Waals surface area contributed by atoms with Gasteiger partial charge in [0, 0.05) is 0 Å². The van der Waals surface area contributed by atoms with Gasteiger partial charge < -0.3 is 0 Å². The summed E-state index contributed by atoms with van der Waals surface area (Å²) in [4.78, 5) is 0. The number of benzene rings is 1. The quantitative estimate of drug-likeness (QED) is 0.670. The Bertz CT molecular complexity index is 457. The molecule has 98 valence electrons. The molecule has 0 radical (unpaired) electrons. The van der Waals surface area contributed by atoms with E-state index in [1.807, 2.05) is 0 Å². The first-order valence-electron chi connectivity index (χ1n) is 7.58. The van der Waals surface area contributed by atoms with Crippen LogP contribution in [0.3, 0.4) is 0 Å². The van der Waals surface area contributed by atoms with Crippen LogP contribution in [0.25, 0.3) is 0 Å². The lowest BCUT2D eigenvalue weighted by atomic mass is 9.65. The molecule has 2 aliphatic carbocycles. The SMILES string of the molecule is CCc1cccc(C2CC3CCC2(C)C3(C)C)c1. The molecule has 0 heterocycles. The van der Waals surface area contributed by atoms with Crippen molar-refractivity contribution in [1.82, 2.24) is 0 Å². The second-order valence-electron chi connectivity index (χ2n) is 7.26. The zero-order valence-corrected chi connectivity index (χ0v) is 12.3. The Kier molecular flexibility index (Phi) is 2.63. The van der Waals surface area contributed by atoms with E-state index in [1.54, 1.807) is 5.56 Å². The smallest absolute Gasteiger partial charge is 0.00998 e. The van der Waals surface area contributed by atoms with Gasteiger partial charge in [-0.2, -0.15) is 0 Å². The Labute approximate surface area is 112 Å². The third-order valence-electron chi connectivity index (χ3n) is 6.56. The predicted octanol–water partition coefficient (Wildman–Crippen LogP) is 5.18. The average molecular weight is 242 g/mol. The van der Waals surface area contributed by atoms with Crippen LogP contribution in [0.15, 0.2) is 24.3 Å². The van der Waals surface area contributed by atoms with Crippen molar-refractivity contribution >= 4 is 0 Å². The molecule has 2 fully saturated rings.